The maximum atomic E-state index is 6.21. The maximum Gasteiger partial charge on any atom is 0.129 e. The largest absolute Gasteiger partial charge is 0.457 e. The molecule has 0 saturated heterocycles. The number of fused-ring (bicyclic) bond motifs is 1. The van der Waals surface area contributed by atoms with E-state index >= 15 is 0 Å². The first kappa shape index (κ1) is 18.3. The van der Waals surface area contributed by atoms with E-state index in [-0.39, 0.29) is 0 Å². The molecule has 5 rings (SSSR count). The molecule has 2 aromatic carbocycles. The molecule has 1 aromatic heterocycles. The summed E-state index contributed by atoms with van der Waals surface area (Å²) in [5, 5.41) is 4.57. The van der Waals surface area contributed by atoms with Gasteiger partial charge in [0.1, 0.15) is 17.3 Å². The van der Waals surface area contributed by atoms with Crippen LogP contribution in [0.3, 0.4) is 0 Å². The summed E-state index contributed by atoms with van der Waals surface area (Å²) in [5.74, 6) is 2.79. The van der Waals surface area contributed by atoms with Crippen LogP contribution in [0.2, 0.25) is 0 Å². The normalized spacial score (nSPS) is 15.2. The molecule has 0 atom stereocenters. The second-order valence-corrected chi connectivity index (χ2v) is 7.64. The summed E-state index contributed by atoms with van der Waals surface area (Å²) in [4.78, 5) is 4.47. The third kappa shape index (κ3) is 3.28. The Morgan fingerprint density at radius 2 is 1.77 bits per heavy atom. The van der Waals surface area contributed by atoms with Crippen molar-refractivity contribution in [3.63, 3.8) is 0 Å². The zero-order valence-electron chi connectivity index (χ0n) is 17.4. The Balaban J connectivity index is 1.41. The Labute approximate surface area is 176 Å². The van der Waals surface area contributed by atoms with Gasteiger partial charge in [0, 0.05) is 37.1 Å². The highest BCUT2D eigenvalue weighted by molar-refractivity contribution is 5.69. The quantitative estimate of drug-likeness (QED) is 0.604. The molecule has 2 aliphatic rings. The van der Waals surface area contributed by atoms with Gasteiger partial charge in [0.25, 0.3) is 0 Å². The van der Waals surface area contributed by atoms with Crippen molar-refractivity contribution in [1.82, 2.24) is 19.6 Å². The summed E-state index contributed by atoms with van der Waals surface area (Å²) in [7, 11) is 2.10. The first-order chi connectivity index (χ1) is 14.6. The highest BCUT2D eigenvalue weighted by Gasteiger charge is 2.25. The van der Waals surface area contributed by atoms with Gasteiger partial charge in [-0.25, -0.2) is 4.68 Å². The van der Waals surface area contributed by atoms with E-state index in [0.717, 1.165) is 46.4 Å². The van der Waals surface area contributed by atoms with Crippen LogP contribution in [0.4, 0.5) is 0 Å². The van der Waals surface area contributed by atoms with Gasteiger partial charge in [0.2, 0.25) is 0 Å². The third-order valence-corrected chi connectivity index (χ3v) is 5.40. The van der Waals surface area contributed by atoms with Gasteiger partial charge in [-0.3, -0.25) is 0 Å². The lowest BCUT2D eigenvalue weighted by Crippen LogP contribution is -2.22. The van der Waals surface area contributed by atoms with Gasteiger partial charge in [-0.2, -0.15) is 5.10 Å². The lowest BCUT2D eigenvalue weighted by Gasteiger charge is -2.24. The molecule has 0 bridgehead atoms. The molecule has 0 saturated carbocycles. The van der Waals surface area contributed by atoms with Crippen molar-refractivity contribution >= 4 is 5.70 Å². The van der Waals surface area contributed by atoms with E-state index < -0.39 is 0 Å². The monoisotopic (exact) mass is 396 g/mol. The molecular formula is C25H24N4O. The van der Waals surface area contributed by atoms with Crippen molar-refractivity contribution < 1.29 is 4.74 Å². The fourth-order valence-electron chi connectivity index (χ4n) is 3.99. The number of ether oxygens (including phenoxy) is 1. The Kier molecular flexibility index (Phi) is 4.43. The van der Waals surface area contributed by atoms with Gasteiger partial charge in [-0.1, -0.05) is 30.4 Å². The lowest BCUT2D eigenvalue weighted by molar-refractivity contribution is 0.422. The van der Waals surface area contributed by atoms with Crippen LogP contribution in [0.15, 0.2) is 84.8 Å². The number of aryl methyl sites for hydroxylation is 2. The van der Waals surface area contributed by atoms with Gasteiger partial charge < -0.3 is 14.5 Å². The van der Waals surface area contributed by atoms with Crippen LogP contribution in [0.1, 0.15) is 17.0 Å². The Bertz CT molecular complexity index is 1200. The average molecular weight is 396 g/mol. The van der Waals surface area contributed by atoms with E-state index in [1.807, 2.05) is 48.0 Å². The molecule has 0 unspecified atom stereocenters. The molecule has 0 aliphatic carbocycles. The molecule has 0 amide bonds. The molecule has 5 nitrogen and oxygen atoms in total. The zero-order valence-corrected chi connectivity index (χ0v) is 17.4. The Morgan fingerprint density at radius 3 is 2.53 bits per heavy atom. The third-order valence-electron chi connectivity index (χ3n) is 5.40. The Hall–Kier alpha value is -3.73. The molecular weight excluding hydrogens is 372 g/mol. The maximum absolute atomic E-state index is 6.21. The van der Waals surface area contributed by atoms with Gasteiger partial charge in [-0.15, -0.1) is 0 Å². The predicted molar refractivity (Wildman–Crippen MR) is 119 cm³/mol. The fraction of sp³-hybridized carbons (Fsp3) is 0.160. The molecule has 3 heterocycles. The highest BCUT2D eigenvalue weighted by atomic mass is 16.5. The molecule has 150 valence electrons. The van der Waals surface area contributed by atoms with Crippen LogP contribution in [0.25, 0.3) is 11.4 Å². The van der Waals surface area contributed by atoms with Gasteiger partial charge >= 0.3 is 0 Å². The lowest BCUT2D eigenvalue weighted by atomic mass is 10.1. The number of nitrogens with zero attached hydrogens (tertiary/aromatic N) is 4. The number of hydrogen-bond acceptors (Lipinski definition) is 4. The first-order valence-corrected chi connectivity index (χ1v) is 10.1. The first-order valence-electron chi connectivity index (χ1n) is 10.1. The summed E-state index contributed by atoms with van der Waals surface area (Å²) in [6.07, 6.45) is 8.59. The van der Waals surface area contributed by atoms with E-state index in [4.69, 9.17) is 4.74 Å². The van der Waals surface area contributed by atoms with Crippen LogP contribution in [-0.2, 0) is 0 Å². The molecule has 0 spiro atoms. The van der Waals surface area contributed by atoms with Crippen molar-refractivity contribution in [3.05, 3.63) is 102 Å². The van der Waals surface area contributed by atoms with E-state index in [1.54, 1.807) is 0 Å². The minimum absolute atomic E-state index is 0.787. The van der Waals surface area contributed by atoms with Crippen LogP contribution < -0.4 is 4.74 Å². The number of aromatic nitrogens is 2. The van der Waals surface area contributed by atoms with Crippen LogP contribution >= 0.6 is 0 Å². The summed E-state index contributed by atoms with van der Waals surface area (Å²) >= 11 is 0. The SMILES string of the molecule is Cc1cc(C)n(-c2cccc(Oc3cccc(C4=CN5CC=CC=C5N4C)c3)c2)n1. The van der Waals surface area contributed by atoms with E-state index in [9.17, 15) is 0 Å². The predicted octanol–water partition coefficient (Wildman–Crippen LogP) is 5.24. The second kappa shape index (κ2) is 7.26. The molecule has 30 heavy (non-hydrogen) atoms. The zero-order chi connectivity index (χ0) is 20.7. The van der Waals surface area contributed by atoms with E-state index in [2.05, 4.69) is 71.5 Å². The number of rotatable bonds is 4. The topological polar surface area (TPSA) is 33.5 Å². The van der Waals surface area contributed by atoms with Crippen LogP contribution in [-0.4, -0.2) is 33.2 Å². The Morgan fingerprint density at radius 1 is 0.967 bits per heavy atom. The van der Waals surface area contributed by atoms with Crippen molar-refractivity contribution in [2.45, 2.75) is 13.8 Å². The molecule has 0 N–H and O–H groups in total. The highest BCUT2D eigenvalue weighted by Crippen LogP contribution is 2.34. The van der Waals surface area contributed by atoms with Crippen molar-refractivity contribution in [2.24, 2.45) is 0 Å². The molecule has 5 heteroatoms. The minimum atomic E-state index is 0.787. The standard InChI is InChI=1S/C25H24N4O/c1-18-14-19(2)29(26-18)21-9-7-11-23(16-21)30-22-10-6-8-20(15-22)24-17-28-13-5-4-12-25(28)27(24)3/h4-12,14-17H,13H2,1-3H3. The van der Waals surface area contributed by atoms with Crippen molar-refractivity contribution in [1.29, 1.82) is 0 Å². The summed E-state index contributed by atoms with van der Waals surface area (Å²) < 4.78 is 8.15. The number of allylic oxidation sites excluding steroid dienone is 2. The molecule has 0 radical (unpaired) electrons. The van der Waals surface area contributed by atoms with E-state index in [1.165, 1.54) is 5.82 Å². The summed E-state index contributed by atoms with van der Waals surface area (Å²) in [5.41, 5.74) is 5.38. The number of benzene rings is 2. The summed E-state index contributed by atoms with van der Waals surface area (Å²) in [6.45, 7) is 4.96. The van der Waals surface area contributed by atoms with Crippen LogP contribution in [0, 0.1) is 13.8 Å². The summed E-state index contributed by atoms with van der Waals surface area (Å²) in [6, 6.07) is 18.3. The van der Waals surface area contributed by atoms with Gasteiger partial charge in [-0.05, 0) is 50.3 Å². The van der Waals surface area contributed by atoms with Gasteiger partial charge in [0.15, 0.2) is 0 Å². The minimum Gasteiger partial charge on any atom is -0.457 e. The second-order valence-electron chi connectivity index (χ2n) is 7.64. The average Bonchev–Trinajstić information content (AvgIpc) is 3.27. The van der Waals surface area contributed by atoms with Crippen molar-refractivity contribution in [3.8, 4) is 17.2 Å². The number of hydrogen-bond donors (Lipinski definition) is 0. The fourth-order valence-corrected chi connectivity index (χ4v) is 3.99. The van der Waals surface area contributed by atoms with Crippen molar-refractivity contribution in [2.75, 3.05) is 13.6 Å². The smallest absolute Gasteiger partial charge is 0.129 e. The van der Waals surface area contributed by atoms with Gasteiger partial charge in [0.05, 0.1) is 17.1 Å². The molecule has 3 aromatic rings. The molecule has 2 aliphatic heterocycles. The molecule has 0 fully saturated rings. The van der Waals surface area contributed by atoms with E-state index in [0.29, 0.717) is 0 Å². The van der Waals surface area contributed by atoms with Crippen LogP contribution in [0.5, 0.6) is 11.5 Å².